The molecule has 0 N–H and O–H groups in total. The SMILES string of the molecule is FC(F)c1cc(C(F)(F)F)cnc1C(F)(F)F. The monoisotopic (exact) mass is 265 g/mol. The summed E-state index contributed by atoms with van der Waals surface area (Å²) in [5.41, 5.74) is -5.45. The molecule has 0 amide bonds. The lowest BCUT2D eigenvalue weighted by molar-refractivity contribution is -0.146. The van der Waals surface area contributed by atoms with Crippen LogP contribution in [0.2, 0.25) is 0 Å². The van der Waals surface area contributed by atoms with Crippen molar-refractivity contribution < 1.29 is 35.1 Å². The highest BCUT2D eigenvalue weighted by molar-refractivity contribution is 5.29. The third-order valence-electron chi connectivity index (χ3n) is 1.75. The van der Waals surface area contributed by atoms with E-state index in [9.17, 15) is 35.1 Å². The summed E-state index contributed by atoms with van der Waals surface area (Å²) in [4.78, 5) is 2.41. The predicted octanol–water partition coefficient (Wildman–Crippen LogP) is 4.06. The Morgan fingerprint density at radius 1 is 0.941 bits per heavy atom. The maximum absolute atomic E-state index is 12.2. The molecule has 0 aliphatic heterocycles. The number of hydrogen-bond donors (Lipinski definition) is 0. The lowest BCUT2D eigenvalue weighted by Crippen LogP contribution is -2.15. The van der Waals surface area contributed by atoms with Crippen LogP contribution in [0.3, 0.4) is 0 Å². The van der Waals surface area contributed by atoms with Crippen molar-refractivity contribution in [3.8, 4) is 0 Å². The first-order valence-electron chi connectivity index (χ1n) is 3.96. The van der Waals surface area contributed by atoms with Crippen LogP contribution >= 0.6 is 0 Å². The van der Waals surface area contributed by atoms with Gasteiger partial charge in [0.2, 0.25) is 0 Å². The van der Waals surface area contributed by atoms with E-state index >= 15 is 0 Å². The molecule has 1 nitrogen and oxygen atoms in total. The van der Waals surface area contributed by atoms with Crippen LogP contribution in [0.1, 0.15) is 23.2 Å². The summed E-state index contributed by atoms with van der Waals surface area (Å²) >= 11 is 0. The Labute approximate surface area is 89.1 Å². The van der Waals surface area contributed by atoms with Gasteiger partial charge in [0.05, 0.1) is 5.56 Å². The zero-order chi connectivity index (χ0) is 13.4. The number of pyridine rings is 1. The summed E-state index contributed by atoms with van der Waals surface area (Å²) in [7, 11) is 0. The lowest BCUT2D eigenvalue weighted by atomic mass is 10.1. The zero-order valence-corrected chi connectivity index (χ0v) is 7.70. The van der Waals surface area contributed by atoms with Crippen LogP contribution in [0.4, 0.5) is 35.1 Å². The van der Waals surface area contributed by atoms with Crippen LogP contribution < -0.4 is 0 Å². The van der Waals surface area contributed by atoms with Crippen molar-refractivity contribution >= 4 is 0 Å². The lowest BCUT2D eigenvalue weighted by Gasteiger charge is -2.13. The molecule has 1 heterocycles. The molecule has 0 aromatic carbocycles. The molecule has 0 atom stereocenters. The second-order valence-corrected chi connectivity index (χ2v) is 2.96. The molecule has 0 aliphatic rings. The molecule has 96 valence electrons. The van der Waals surface area contributed by atoms with Crippen molar-refractivity contribution in [2.24, 2.45) is 0 Å². The molecular weight excluding hydrogens is 262 g/mol. The van der Waals surface area contributed by atoms with Gasteiger partial charge in [0, 0.05) is 11.8 Å². The van der Waals surface area contributed by atoms with Gasteiger partial charge in [0.25, 0.3) is 6.43 Å². The summed E-state index contributed by atoms with van der Waals surface area (Å²) in [5, 5.41) is 0. The fraction of sp³-hybridized carbons (Fsp3) is 0.375. The van der Waals surface area contributed by atoms with Crippen molar-refractivity contribution in [2.75, 3.05) is 0 Å². The number of alkyl halides is 8. The molecule has 0 unspecified atom stereocenters. The van der Waals surface area contributed by atoms with Gasteiger partial charge in [-0.2, -0.15) is 26.3 Å². The zero-order valence-electron chi connectivity index (χ0n) is 7.70. The van der Waals surface area contributed by atoms with Gasteiger partial charge in [0.15, 0.2) is 5.69 Å². The topological polar surface area (TPSA) is 12.9 Å². The van der Waals surface area contributed by atoms with Crippen LogP contribution in [0.5, 0.6) is 0 Å². The molecule has 0 fully saturated rings. The highest BCUT2D eigenvalue weighted by atomic mass is 19.4. The van der Waals surface area contributed by atoms with Crippen molar-refractivity contribution in [3.63, 3.8) is 0 Å². The smallest absolute Gasteiger partial charge is 0.251 e. The highest BCUT2D eigenvalue weighted by Crippen LogP contribution is 2.38. The molecule has 0 radical (unpaired) electrons. The first-order chi connectivity index (χ1) is 7.53. The molecule has 0 bridgehead atoms. The summed E-state index contributed by atoms with van der Waals surface area (Å²) < 4.78 is 97.2. The summed E-state index contributed by atoms with van der Waals surface area (Å²) in [6.07, 6.45) is -14.1. The van der Waals surface area contributed by atoms with Gasteiger partial charge >= 0.3 is 12.4 Å². The number of hydrogen-bond acceptors (Lipinski definition) is 1. The Balaban J connectivity index is 3.38. The average Bonchev–Trinajstić information content (AvgIpc) is 2.14. The molecule has 0 spiro atoms. The Bertz CT molecular complexity index is 405. The molecule has 9 heteroatoms. The molecule has 1 aromatic heterocycles. The number of aromatic nitrogens is 1. The van der Waals surface area contributed by atoms with Gasteiger partial charge in [-0.15, -0.1) is 0 Å². The Kier molecular flexibility index (Phi) is 3.30. The van der Waals surface area contributed by atoms with Crippen LogP contribution in [0.25, 0.3) is 0 Å². The minimum absolute atomic E-state index is 0.130. The first kappa shape index (κ1) is 13.7. The minimum Gasteiger partial charge on any atom is -0.251 e. The number of rotatable bonds is 1. The van der Waals surface area contributed by atoms with Crippen LogP contribution in [0.15, 0.2) is 12.3 Å². The normalized spacial score (nSPS) is 13.2. The average molecular weight is 265 g/mol. The molecule has 0 saturated carbocycles. The van der Waals surface area contributed by atoms with Gasteiger partial charge in [-0.25, -0.2) is 8.78 Å². The number of halogens is 8. The van der Waals surface area contributed by atoms with E-state index < -0.39 is 35.6 Å². The molecule has 0 saturated heterocycles. The Morgan fingerprint density at radius 2 is 1.47 bits per heavy atom. The molecule has 17 heavy (non-hydrogen) atoms. The summed E-state index contributed by atoms with van der Waals surface area (Å²) in [5.74, 6) is 0. The van der Waals surface area contributed by atoms with Crippen molar-refractivity contribution in [2.45, 2.75) is 18.8 Å². The van der Waals surface area contributed by atoms with Gasteiger partial charge in [0.1, 0.15) is 0 Å². The minimum atomic E-state index is -5.23. The first-order valence-corrected chi connectivity index (χ1v) is 3.96. The van der Waals surface area contributed by atoms with Gasteiger partial charge in [-0.3, -0.25) is 4.98 Å². The van der Waals surface area contributed by atoms with E-state index in [0.717, 1.165) is 0 Å². The fourth-order valence-electron chi connectivity index (χ4n) is 1.04. The van der Waals surface area contributed by atoms with Gasteiger partial charge in [-0.05, 0) is 6.07 Å². The maximum atomic E-state index is 12.2. The fourth-order valence-corrected chi connectivity index (χ4v) is 1.04. The van der Waals surface area contributed by atoms with E-state index in [2.05, 4.69) is 4.98 Å². The predicted molar refractivity (Wildman–Crippen MR) is 39.2 cm³/mol. The second kappa shape index (κ2) is 4.11. The van der Waals surface area contributed by atoms with Crippen LogP contribution in [0, 0.1) is 0 Å². The summed E-state index contributed by atoms with van der Waals surface area (Å²) in [6, 6.07) is -0.250. The Morgan fingerprint density at radius 3 is 1.82 bits per heavy atom. The van der Waals surface area contributed by atoms with E-state index in [0.29, 0.717) is 0 Å². The van der Waals surface area contributed by atoms with Crippen LogP contribution in [-0.4, -0.2) is 4.98 Å². The van der Waals surface area contributed by atoms with E-state index in [1.807, 2.05) is 0 Å². The largest absolute Gasteiger partial charge is 0.433 e. The van der Waals surface area contributed by atoms with Crippen molar-refractivity contribution in [3.05, 3.63) is 29.1 Å². The molecular formula is C8H3F8N. The van der Waals surface area contributed by atoms with Gasteiger partial charge in [-0.1, -0.05) is 0 Å². The van der Waals surface area contributed by atoms with Crippen molar-refractivity contribution in [1.29, 1.82) is 0 Å². The third-order valence-corrected chi connectivity index (χ3v) is 1.75. The molecule has 1 aromatic rings. The summed E-state index contributed by atoms with van der Waals surface area (Å²) in [6.45, 7) is 0. The second-order valence-electron chi connectivity index (χ2n) is 2.96. The van der Waals surface area contributed by atoms with Gasteiger partial charge < -0.3 is 0 Å². The third kappa shape index (κ3) is 3.04. The van der Waals surface area contributed by atoms with E-state index in [-0.39, 0.29) is 12.3 Å². The quantitative estimate of drug-likeness (QED) is 0.698. The van der Waals surface area contributed by atoms with E-state index in [1.54, 1.807) is 0 Å². The standard InChI is InChI=1S/C8H3F8N/c9-6(10)4-1-3(7(11,12)13)2-17-5(4)8(14,15)16/h1-2,6H. The Hall–Kier alpha value is -1.41. The highest BCUT2D eigenvalue weighted by Gasteiger charge is 2.40. The van der Waals surface area contributed by atoms with E-state index in [1.165, 1.54) is 0 Å². The molecule has 1 rings (SSSR count). The van der Waals surface area contributed by atoms with Crippen molar-refractivity contribution in [1.82, 2.24) is 4.98 Å². The van der Waals surface area contributed by atoms with E-state index in [4.69, 9.17) is 0 Å². The maximum Gasteiger partial charge on any atom is 0.433 e. The number of nitrogens with zero attached hydrogens (tertiary/aromatic N) is 1. The van der Waals surface area contributed by atoms with Crippen LogP contribution in [-0.2, 0) is 12.4 Å². The molecule has 0 aliphatic carbocycles.